The molecule has 0 bridgehead atoms. The SMILES string of the molecule is CC(=O)C[C@@H](Cc1ccc(OCP(=O)(O)O)cc1)C(=O)NC1CCCC[C@H]2CC[C@@H](C(=O)N[C@@H](CCC(N)=O)C(=O)NCc3ccccc3)N2C1=O. The molecule has 2 heterocycles. The number of hydrogen-bond donors (Lipinski definition) is 6. The Balaban J connectivity index is 1.45. The Kier molecular flexibility index (Phi) is 14.5. The molecule has 15 nitrogen and oxygen atoms in total. The van der Waals surface area contributed by atoms with Crippen LogP contribution >= 0.6 is 7.60 Å². The molecule has 5 atom stereocenters. The maximum atomic E-state index is 14.2. The number of carbonyl (C=O) groups excluding carboxylic acids is 6. The van der Waals surface area contributed by atoms with Gasteiger partial charge in [-0.1, -0.05) is 55.3 Å². The average molecular weight is 742 g/mol. The molecule has 5 amide bonds. The molecule has 2 aliphatic heterocycles. The minimum absolute atomic E-state index is 0.0227. The van der Waals surface area contributed by atoms with Crippen molar-refractivity contribution in [2.24, 2.45) is 11.7 Å². The number of benzene rings is 2. The summed E-state index contributed by atoms with van der Waals surface area (Å²) >= 11 is 0. The number of nitrogens with one attached hydrogen (secondary N) is 3. The first-order valence-corrected chi connectivity index (χ1v) is 19.3. The Hall–Kier alpha value is -4.59. The molecule has 0 saturated carbocycles. The fourth-order valence-corrected chi connectivity index (χ4v) is 7.03. The molecule has 2 aliphatic rings. The fraction of sp³-hybridized carbons (Fsp3) is 0.500. The average Bonchev–Trinajstić information content (AvgIpc) is 3.52. The van der Waals surface area contributed by atoms with E-state index < -0.39 is 67.5 Å². The number of primary amides is 1. The molecule has 2 aromatic carbocycles. The summed E-state index contributed by atoms with van der Waals surface area (Å²) in [6, 6.07) is 12.3. The lowest BCUT2D eigenvalue weighted by Gasteiger charge is -2.36. The van der Waals surface area contributed by atoms with E-state index in [1.165, 1.54) is 24.0 Å². The van der Waals surface area contributed by atoms with Gasteiger partial charge in [-0.2, -0.15) is 0 Å². The van der Waals surface area contributed by atoms with E-state index in [0.29, 0.717) is 37.7 Å². The fourth-order valence-electron chi connectivity index (χ4n) is 6.71. The van der Waals surface area contributed by atoms with Gasteiger partial charge in [0.1, 0.15) is 29.7 Å². The van der Waals surface area contributed by atoms with E-state index in [0.717, 1.165) is 12.0 Å². The lowest BCUT2D eigenvalue weighted by Crippen LogP contribution is -2.58. The van der Waals surface area contributed by atoms with Crippen LogP contribution in [0.25, 0.3) is 0 Å². The summed E-state index contributed by atoms with van der Waals surface area (Å²) in [7, 11) is -4.37. The third kappa shape index (κ3) is 12.3. The maximum Gasteiger partial charge on any atom is 0.362 e. The summed E-state index contributed by atoms with van der Waals surface area (Å²) in [5.41, 5.74) is 6.87. The molecule has 2 fully saturated rings. The molecular weight excluding hydrogens is 693 g/mol. The summed E-state index contributed by atoms with van der Waals surface area (Å²) < 4.78 is 16.2. The van der Waals surface area contributed by atoms with Gasteiger partial charge >= 0.3 is 7.60 Å². The third-order valence-electron chi connectivity index (χ3n) is 9.29. The largest absolute Gasteiger partial charge is 0.481 e. The number of ketones is 1. The van der Waals surface area contributed by atoms with Crippen LogP contribution in [-0.2, 0) is 46.3 Å². The van der Waals surface area contributed by atoms with Crippen LogP contribution in [0, 0.1) is 5.92 Å². The van der Waals surface area contributed by atoms with Crippen LogP contribution < -0.4 is 26.4 Å². The quantitative estimate of drug-likeness (QED) is 0.129. The van der Waals surface area contributed by atoms with Gasteiger partial charge in [-0.3, -0.25) is 28.5 Å². The molecule has 0 aromatic heterocycles. The predicted molar refractivity (Wildman–Crippen MR) is 189 cm³/mol. The molecule has 0 aliphatic carbocycles. The van der Waals surface area contributed by atoms with Gasteiger partial charge in [0.25, 0.3) is 0 Å². The van der Waals surface area contributed by atoms with Crippen molar-refractivity contribution in [2.45, 2.75) is 102 Å². The number of Topliss-reactive ketones (excluding diaryl/α,β-unsaturated/α-hetero) is 1. The molecule has 282 valence electrons. The number of ether oxygens (including phenoxy) is 1. The van der Waals surface area contributed by atoms with E-state index in [-0.39, 0.29) is 49.8 Å². The molecule has 16 heteroatoms. The van der Waals surface area contributed by atoms with Gasteiger partial charge in [0.05, 0.1) is 0 Å². The Morgan fingerprint density at radius 3 is 2.29 bits per heavy atom. The summed E-state index contributed by atoms with van der Waals surface area (Å²) in [4.78, 5) is 98.2. The van der Waals surface area contributed by atoms with Gasteiger partial charge < -0.3 is 45.9 Å². The zero-order valence-electron chi connectivity index (χ0n) is 29.2. The molecular formula is C36H48N5O10P. The van der Waals surface area contributed by atoms with Crippen molar-refractivity contribution in [1.29, 1.82) is 0 Å². The number of amides is 5. The number of rotatable bonds is 17. The van der Waals surface area contributed by atoms with Gasteiger partial charge in [0, 0.05) is 31.3 Å². The number of nitrogens with zero attached hydrogens (tertiary/aromatic N) is 1. The van der Waals surface area contributed by atoms with E-state index in [1.54, 1.807) is 12.1 Å². The predicted octanol–water partition coefficient (Wildman–Crippen LogP) is 1.82. The zero-order valence-corrected chi connectivity index (χ0v) is 30.1. The first-order chi connectivity index (χ1) is 24.7. The Morgan fingerprint density at radius 2 is 1.63 bits per heavy atom. The number of carbonyl (C=O) groups is 6. The molecule has 1 unspecified atom stereocenters. The number of hydrogen-bond acceptors (Lipinski definition) is 8. The standard InChI is InChI=1S/C36H48N5O10P/c1-23(42)19-26(20-24-11-14-28(15-12-24)51-22-52(48,49)50)33(44)40-30-10-6-5-9-27-13-17-31(41(27)36(30)47)35(46)39-29(16-18-32(37)43)34(45)38-21-25-7-3-2-4-8-25/h2-4,7-8,11-12,14-15,26-27,29-31H,5-6,9-10,13,16-22H2,1H3,(H2,37,43)(H,38,45)(H,39,46)(H,40,44)(H2,48,49,50)/t26-,27-,29-,30?,31-/m0/s1. The summed E-state index contributed by atoms with van der Waals surface area (Å²) in [6.45, 7) is 1.58. The Morgan fingerprint density at radius 1 is 0.942 bits per heavy atom. The lowest BCUT2D eigenvalue weighted by molar-refractivity contribution is -0.145. The first-order valence-electron chi connectivity index (χ1n) is 17.5. The van der Waals surface area contributed by atoms with Gasteiger partial charge in [0.15, 0.2) is 6.35 Å². The van der Waals surface area contributed by atoms with Gasteiger partial charge in [0.2, 0.25) is 29.5 Å². The molecule has 0 spiro atoms. The topological polar surface area (TPSA) is 235 Å². The van der Waals surface area contributed by atoms with Crippen molar-refractivity contribution >= 4 is 42.9 Å². The second-order valence-corrected chi connectivity index (χ2v) is 15.1. The monoisotopic (exact) mass is 741 g/mol. The van der Waals surface area contributed by atoms with Crippen LogP contribution in [0.2, 0.25) is 0 Å². The smallest absolute Gasteiger partial charge is 0.362 e. The van der Waals surface area contributed by atoms with Crippen molar-refractivity contribution in [3.63, 3.8) is 0 Å². The van der Waals surface area contributed by atoms with Crippen molar-refractivity contribution in [3.8, 4) is 5.75 Å². The highest BCUT2D eigenvalue weighted by Gasteiger charge is 2.44. The molecule has 0 radical (unpaired) electrons. The summed E-state index contributed by atoms with van der Waals surface area (Å²) in [6.07, 6.45) is 2.51. The van der Waals surface area contributed by atoms with Gasteiger partial charge in [-0.15, -0.1) is 0 Å². The van der Waals surface area contributed by atoms with Crippen molar-refractivity contribution < 1.29 is 47.9 Å². The maximum absolute atomic E-state index is 14.2. The molecule has 7 N–H and O–H groups in total. The minimum atomic E-state index is -4.37. The number of fused-ring (bicyclic) bond motifs is 1. The molecule has 52 heavy (non-hydrogen) atoms. The Bertz CT molecular complexity index is 1630. The third-order valence-corrected chi connectivity index (χ3v) is 9.75. The van der Waals surface area contributed by atoms with E-state index in [1.807, 2.05) is 30.3 Å². The molecule has 2 saturated heterocycles. The zero-order chi connectivity index (χ0) is 37.8. The number of nitrogens with two attached hydrogens (primary N) is 1. The molecule has 4 rings (SSSR count). The van der Waals surface area contributed by atoms with Crippen molar-refractivity contribution in [1.82, 2.24) is 20.9 Å². The second-order valence-electron chi connectivity index (χ2n) is 13.5. The highest BCUT2D eigenvalue weighted by molar-refractivity contribution is 7.51. The van der Waals surface area contributed by atoms with E-state index >= 15 is 0 Å². The lowest BCUT2D eigenvalue weighted by atomic mass is 9.92. The van der Waals surface area contributed by atoms with Crippen LogP contribution in [0.5, 0.6) is 5.75 Å². The van der Waals surface area contributed by atoms with Gasteiger partial charge in [-0.05, 0) is 68.7 Å². The second kappa shape index (κ2) is 18.8. The molecule has 2 aromatic rings. The normalized spacial score (nSPS) is 20.0. The van der Waals surface area contributed by atoms with Crippen molar-refractivity contribution in [3.05, 3.63) is 65.7 Å². The van der Waals surface area contributed by atoms with E-state index in [9.17, 15) is 33.3 Å². The highest BCUT2D eigenvalue weighted by atomic mass is 31.2. The van der Waals surface area contributed by atoms with E-state index in [4.69, 9.17) is 20.3 Å². The minimum Gasteiger partial charge on any atom is -0.481 e. The van der Waals surface area contributed by atoms with Crippen LogP contribution in [0.15, 0.2) is 54.6 Å². The van der Waals surface area contributed by atoms with Crippen LogP contribution in [0.1, 0.15) is 75.8 Å². The Labute approximate surface area is 302 Å². The van der Waals surface area contributed by atoms with Crippen molar-refractivity contribution in [2.75, 3.05) is 6.35 Å². The summed E-state index contributed by atoms with van der Waals surface area (Å²) in [5, 5.41) is 8.42. The summed E-state index contributed by atoms with van der Waals surface area (Å²) in [5.74, 6) is -3.36. The van der Waals surface area contributed by atoms with Crippen LogP contribution in [0.4, 0.5) is 0 Å². The van der Waals surface area contributed by atoms with Crippen LogP contribution in [0.3, 0.4) is 0 Å². The van der Waals surface area contributed by atoms with E-state index in [2.05, 4.69) is 16.0 Å². The highest BCUT2D eigenvalue weighted by Crippen LogP contribution is 2.35. The van der Waals surface area contributed by atoms with Crippen LogP contribution in [-0.4, -0.2) is 80.5 Å². The van der Waals surface area contributed by atoms with Gasteiger partial charge in [-0.25, -0.2) is 0 Å². The first kappa shape index (κ1) is 40.2.